The predicted molar refractivity (Wildman–Crippen MR) is 72.2 cm³/mol. The van der Waals surface area contributed by atoms with Crippen molar-refractivity contribution >= 4 is 55.8 Å². The molecule has 0 bridgehead atoms. The van der Waals surface area contributed by atoms with Crippen LogP contribution in [0.1, 0.15) is 4.88 Å². The van der Waals surface area contributed by atoms with Gasteiger partial charge in [-0.3, -0.25) is 0 Å². The van der Waals surface area contributed by atoms with Crippen molar-refractivity contribution in [1.82, 2.24) is 0 Å². The quantitative estimate of drug-likeness (QED) is 0.666. The molecule has 2 aromatic rings. The van der Waals surface area contributed by atoms with Crippen LogP contribution in [0.15, 0.2) is 23.1 Å². The van der Waals surface area contributed by atoms with Gasteiger partial charge in [-0.15, -0.1) is 23.1 Å². The van der Waals surface area contributed by atoms with Gasteiger partial charge in [0.05, 0.1) is 6.61 Å². The lowest BCUT2D eigenvalue weighted by Crippen LogP contribution is -1.75. The third-order valence-corrected chi connectivity index (χ3v) is 4.46. The zero-order chi connectivity index (χ0) is 10.1. The van der Waals surface area contributed by atoms with Gasteiger partial charge in [0.15, 0.2) is 0 Å². The number of aliphatic hydroxyl groups excluding tert-OH is 1. The van der Waals surface area contributed by atoms with E-state index in [2.05, 4.69) is 47.0 Å². The number of benzene rings is 1. The van der Waals surface area contributed by atoms with Crippen LogP contribution in [0.5, 0.6) is 0 Å². The van der Waals surface area contributed by atoms with E-state index < -0.39 is 0 Å². The molecule has 0 spiro atoms. The lowest BCUT2D eigenvalue weighted by molar-refractivity contribution is 0.285. The molecule has 74 valence electrons. The van der Waals surface area contributed by atoms with E-state index in [-0.39, 0.29) is 6.61 Å². The molecule has 1 N–H and O–H groups in total. The largest absolute Gasteiger partial charge is 0.391 e. The average molecular weight is 336 g/mol. The summed E-state index contributed by atoms with van der Waals surface area (Å²) in [7, 11) is 0. The van der Waals surface area contributed by atoms with Crippen molar-refractivity contribution in [3.63, 3.8) is 0 Å². The Kier molecular flexibility index (Phi) is 3.36. The van der Waals surface area contributed by atoms with E-state index in [1.54, 1.807) is 23.1 Å². The zero-order valence-electron chi connectivity index (χ0n) is 7.58. The molecular formula is C10H9IOS2. The van der Waals surface area contributed by atoms with Crippen LogP contribution in [0.25, 0.3) is 10.1 Å². The van der Waals surface area contributed by atoms with Crippen molar-refractivity contribution in [2.45, 2.75) is 11.5 Å². The first-order valence-electron chi connectivity index (χ1n) is 4.11. The highest BCUT2D eigenvalue weighted by Gasteiger charge is 2.06. The Morgan fingerprint density at radius 2 is 2.21 bits per heavy atom. The molecule has 0 amide bonds. The molecule has 1 aromatic carbocycles. The zero-order valence-corrected chi connectivity index (χ0v) is 11.4. The van der Waals surface area contributed by atoms with Gasteiger partial charge in [0.2, 0.25) is 0 Å². The summed E-state index contributed by atoms with van der Waals surface area (Å²) in [4.78, 5) is 2.33. The summed E-state index contributed by atoms with van der Waals surface area (Å²) in [5.74, 6) is 0. The van der Waals surface area contributed by atoms with Crippen LogP contribution >= 0.6 is 45.7 Å². The maximum atomic E-state index is 9.07. The smallest absolute Gasteiger partial charge is 0.0774 e. The maximum Gasteiger partial charge on any atom is 0.0774 e. The van der Waals surface area contributed by atoms with Gasteiger partial charge in [0.25, 0.3) is 0 Å². The Morgan fingerprint density at radius 1 is 1.43 bits per heavy atom. The van der Waals surface area contributed by atoms with Gasteiger partial charge in [0.1, 0.15) is 0 Å². The van der Waals surface area contributed by atoms with Crippen LogP contribution in [0.3, 0.4) is 0 Å². The normalized spacial score (nSPS) is 11.1. The first kappa shape index (κ1) is 10.7. The molecule has 0 fully saturated rings. The van der Waals surface area contributed by atoms with Crippen molar-refractivity contribution in [2.75, 3.05) is 6.26 Å². The predicted octanol–water partition coefficient (Wildman–Crippen LogP) is 3.72. The SMILES string of the molecule is CSc1cc(I)cc2sc(CO)cc12. The molecule has 0 radical (unpaired) electrons. The van der Waals surface area contributed by atoms with E-state index in [1.165, 1.54) is 18.6 Å². The second-order valence-corrected chi connectivity index (χ2v) is 6.15. The van der Waals surface area contributed by atoms with Crippen molar-refractivity contribution in [2.24, 2.45) is 0 Å². The Balaban J connectivity index is 2.71. The topological polar surface area (TPSA) is 20.2 Å². The van der Waals surface area contributed by atoms with Crippen LogP contribution < -0.4 is 0 Å². The molecule has 0 aliphatic carbocycles. The highest BCUT2D eigenvalue weighted by Crippen LogP contribution is 2.34. The Bertz CT molecular complexity index is 464. The van der Waals surface area contributed by atoms with E-state index in [4.69, 9.17) is 5.11 Å². The van der Waals surface area contributed by atoms with E-state index in [0.717, 1.165) is 4.88 Å². The summed E-state index contributed by atoms with van der Waals surface area (Å²) in [5.41, 5.74) is 0. The van der Waals surface area contributed by atoms with E-state index in [0.29, 0.717) is 0 Å². The molecule has 1 heterocycles. The van der Waals surface area contributed by atoms with Gasteiger partial charge in [-0.1, -0.05) is 0 Å². The molecule has 0 saturated carbocycles. The molecule has 0 aliphatic heterocycles. The first-order chi connectivity index (χ1) is 6.74. The molecule has 1 aromatic heterocycles. The van der Waals surface area contributed by atoms with Crippen LogP contribution in [0.2, 0.25) is 0 Å². The van der Waals surface area contributed by atoms with Crippen molar-refractivity contribution in [3.8, 4) is 0 Å². The lowest BCUT2D eigenvalue weighted by atomic mass is 10.2. The van der Waals surface area contributed by atoms with Gasteiger partial charge in [0, 0.05) is 23.4 Å². The van der Waals surface area contributed by atoms with Crippen molar-refractivity contribution < 1.29 is 5.11 Å². The molecule has 1 nitrogen and oxygen atoms in total. The molecular weight excluding hydrogens is 327 g/mol. The van der Waals surface area contributed by atoms with E-state index >= 15 is 0 Å². The molecule has 14 heavy (non-hydrogen) atoms. The number of thiophene rings is 1. The second-order valence-electron chi connectivity index (χ2n) is 2.89. The van der Waals surface area contributed by atoms with Gasteiger partial charge in [-0.25, -0.2) is 0 Å². The van der Waals surface area contributed by atoms with Crippen molar-refractivity contribution in [3.05, 3.63) is 26.6 Å². The summed E-state index contributed by atoms with van der Waals surface area (Å²) >= 11 is 5.76. The standard InChI is InChI=1S/C10H9IOS2/c1-13-9-2-6(11)3-10-8(9)4-7(5-12)14-10/h2-4,12H,5H2,1H3. The Morgan fingerprint density at radius 3 is 2.86 bits per heavy atom. The molecule has 0 atom stereocenters. The van der Waals surface area contributed by atoms with E-state index in [9.17, 15) is 0 Å². The number of hydrogen-bond donors (Lipinski definition) is 1. The summed E-state index contributed by atoms with van der Waals surface area (Å²) in [6.45, 7) is 0.143. The highest BCUT2D eigenvalue weighted by atomic mass is 127. The number of thioether (sulfide) groups is 1. The van der Waals surface area contributed by atoms with Gasteiger partial charge in [-0.2, -0.15) is 0 Å². The monoisotopic (exact) mass is 336 g/mol. The number of rotatable bonds is 2. The highest BCUT2D eigenvalue weighted by molar-refractivity contribution is 14.1. The summed E-state index contributed by atoms with van der Waals surface area (Å²) in [6.07, 6.45) is 2.08. The first-order valence-corrected chi connectivity index (χ1v) is 7.23. The van der Waals surface area contributed by atoms with Gasteiger partial charge >= 0.3 is 0 Å². The van der Waals surface area contributed by atoms with E-state index in [1.807, 2.05) is 0 Å². The lowest BCUT2D eigenvalue weighted by Gasteiger charge is -1.99. The molecule has 2 rings (SSSR count). The number of halogens is 1. The van der Waals surface area contributed by atoms with Crippen LogP contribution in [-0.2, 0) is 6.61 Å². The van der Waals surface area contributed by atoms with Crippen molar-refractivity contribution in [1.29, 1.82) is 0 Å². The summed E-state index contributed by atoms with van der Waals surface area (Å²) in [6, 6.07) is 6.43. The Labute approximate surface area is 105 Å². The second kappa shape index (κ2) is 4.38. The number of hydrogen-bond acceptors (Lipinski definition) is 3. The molecule has 0 saturated heterocycles. The van der Waals surface area contributed by atoms with Crippen LogP contribution in [-0.4, -0.2) is 11.4 Å². The number of fused-ring (bicyclic) bond motifs is 1. The third-order valence-electron chi connectivity index (χ3n) is 1.99. The average Bonchev–Trinajstić information content (AvgIpc) is 2.59. The minimum Gasteiger partial charge on any atom is -0.391 e. The number of aliphatic hydroxyl groups is 1. The fourth-order valence-electron chi connectivity index (χ4n) is 1.37. The maximum absolute atomic E-state index is 9.07. The molecule has 0 aliphatic rings. The minimum atomic E-state index is 0.143. The third kappa shape index (κ3) is 1.93. The van der Waals surface area contributed by atoms with Gasteiger partial charge < -0.3 is 5.11 Å². The van der Waals surface area contributed by atoms with Gasteiger partial charge in [-0.05, 0) is 47.0 Å². The summed E-state index contributed by atoms with van der Waals surface area (Å²) in [5, 5.41) is 10.3. The van der Waals surface area contributed by atoms with Crippen LogP contribution in [0.4, 0.5) is 0 Å². The van der Waals surface area contributed by atoms with Crippen LogP contribution in [0, 0.1) is 3.57 Å². The molecule has 4 heteroatoms. The molecule has 0 unspecified atom stereocenters. The fourth-order valence-corrected chi connectivity index (χ4v) is 4.11. The Hall–Kier alpha value is 0.220. The fraction of sp³-hybridized carbons (Fsp3) is 0.200. The summed E-state index contributed by atoms with van der Waals surface area (Å²) < 4.78 is 2.52. The minimum absolute atomic E-state index is 0.143.